The molecule has 0 aliphatic carbocycles. The van der Waals surface area contributed by atoms with E-state index in [0.29, 0.717) is 57.3 Å². The fourth-order valence-corrected chi connectivity index (χ4v) is 2.77. The molecule has 0 aromatic carbocycles. The molecule has 1 N–H and O–H groups in total. The molecule has 0 unspecified atom stereocenters. The number of ether oxygens (including phenoxy) is 3. The van der Waals surface area contributed by atoms with Crippen molar-refractivity contribution in [3.05, 3.63) is 18.3 Å². The zero-order valence-corrected chi connectivity index (χ0v) is 12.7. The summed E-state index contributed by atoms with van der Waals surface area (Å²) in [7, 11) is 0. The van der Waals surface area contributed by atoms with E-state index in [-0.39, 0.29) is 6.03 Å². The van der Waals surface area contributed by atoms with E-state index in [0.717, 1.165) is 0 Å². The molecule has 3 heterocycles. The van der Waals surface area contributed by atoms with Crippen LogP contribution in [0.3, 0.4) is 0 Å². The topological polar surface area (TPSA) is 72.9 Å². The van der Waals surface area contributed by atoms with Gasteiger partial charge in [-0.05, 0) is 19.1 Å². The molecule has 1 aromatic rings. The zero-order valence-electron chi connectivity index (χ0n) is 12.7. The molecule has 7 nitrogen and oxygen atoms in total. The van der Waals surface area contributed by atoms with Crippen molar-refractivity contribution in [2.24, 2.45) is 0 Å². The molecule has 2 saturated heterocycles. The summed E-state index contributed by atoms with van der Waals surface area (Å²) in [5.41, 5.74) is 0.586. The molecule has 3 rings (SSSR count). The monoisotopic (exact) mass is 307 g/mol. The van der Waals surface area contributed by atoms with Crippen LogP contribution in [0.15, 0.2) is 18.3 Å². The van der Waals surface area contributed by atoms with E-state index in [1.807, 2.05) is 6.92 Å². The summed E-state index contributed by atoms with van der Waals surface area (Å²) < 4.78 is 16.8. The Kier molecular flexibility index (Phi) is 4.44. The first-order chi connectivity index (χ1) is 10.7. The van der Waals surface area contributed by atoms with Crippen LogP contribution in [0.5, 0.6) is 5.88 Å². The van der Waals surface area contributed by atoms with Crippen molar-refractivity contribution in [2.45, 2.75) is 25.6 Å². The van der Waals surface area contributed by atoms with Crippen LogP contribution in [-0.2, 0) is 9.47 Å². The van der Waals surface area contributed by atoms with E-state index in [2.05, 4.69) is 10.3 Å². The SMILES string of the molecule is CCOc1ncccc1NC(=O)N1CCC2(CC1)OCCO2. The summed E-state index contributed by atoms with van der Waals surface area (Å²) in [6, 6.07) is 3.40. The van der Waals surface area contributed by atoms with Crippen LogP contribution in [0.2, 0.25) is 0 Å². The molecule has 2 aliphatic heterocycles. The summed E-state index contributed by atoms with van der Waals surface area (Å²) in [5.74, 6) is -0.0315. The first-order valence-electron chi connectivity index (χ1n) is 7.64. The van der Waals surface area contributed by atoms with Crippen molar-refractivity contribution >= 4 is 11.7 Å². The Morgan fingerprint density at radius 3 is 2.82 bits per heavy atom. The summed E-state index contributed by atoms with van der Waals surface area (Å²) in [5, 5.41) is 2.86. The van der Waals surface area contributed by atoms with Crippen LogP contribution < -0.4 is 10.1 Å². The number of nitrogens with zero attached hydrogens (tertiary/aromatic N) is 2. The Balaban J connectivity index is 1.59. The van der Waals surface area contributed by atoms with Gasteiger partial charge in [0.15, 0.2) is 5.79 Å². The van der Waals surface area contributed by atoms with Gasteiger partial charge in [0.2, 0.25) is 5.88 Å². The van der Waals surface area contributed by atoms with E-state index in [1.165, 1.54) is 0 Å². The van der Waals surface area contributed by atoms with Gasteiger partial charge >= 0.3 is 6.03 Å². The average Bonchev–Trinajstić information content (AvgIpc) is 2.98. The second-order valence-corrected chi connectivity index (χ2v) is 5.31. The first-order valence-corrected chi connectivity index (χ1v) is 7.64. The molecule has 0 atom stereocenters. The number of aromatic nitrogens is 1. The fourth-order valence-electron chi connectivity index (χ4n) is 2.77. The number of carbonyl (C=O) groups is 1. The van der Waals surface area contributed by atoms with Gasteiger partial charge in [-0.25, -0.2) is 9.78 Å². The highest BCUT2D eigenvalue weighted by atomic mass is 16.7. The van der Waals surface area contributed by atoms with E-state index in [9.17, 15) is 4.79 Å². The van der Waals surface area contributed by atoms with Crippen molar-refractivity contribution in [3.8, 4) is 5.88 Å². The molecule has 1 spiro atoms. The van der Waals surface area contributed by atoms with E-state index >= 15 is 0 Å². The highest BCUT2D eigenvalue weighted by Crippen LogP contribution is 2.31. The summed E-state index contributed by atoms with van der Waals surface area (Å²) in [6.07, 6.45) is 3.04. The summed E-state index contributed by atoms with van der Waals surface area (Å²) in [6.45, 7) is 4.87. The molecule has 22 heavy (non-hydrogen) atoms. The molecular formula is C15H21N3O4. The second-order valence-electron chi connectivity index (χ2n) is 5.31. The smallest absolute Gasteiger partial charge is 0.321 e. The first kappa shape index (κ1) is 15.1. The minimum absolute atomic E-state index is 0.151. The van der Waals surface area contributed by atoms with E-state index in [4.69, 9.17) is 14.2 Å². The molecule has 7 heteroatoms. The molecule has 2 aliphatic rings. The standard InChI is InChI=1S/C15H21N3O4/c1-2-20-13-12(4-3-7-16-13)17-14(19)18-8-5-15(6-9-18)21-10-11-22-15/h3-4,7H,2,5-6,8-11H2,1H3,(H,17,19). The molecule has 120 valence electrons. The van der Waals surface area contributed by atoms with Gasteiger partial charge in [-0.2, -0.15) is 0 Å². The lowest BCUT2D eigenvalue weighted by atomic mass is 10.0. The molecule has 0 radical (unpaired) electrons. The minimum Gasteiger partial charge on any atom is -0.476 e. The van der Waals surface area contributed by atoms with Gasteiger partial charge in [-0.3, -0.25) is 0 Å². The van der Waals surface area contributed by atoms with Gasteiger partial charge in [0.25, 0.3) is 0 Å². The lowest BCUT2D eigenvalue weighted by molar-refractivity contribution is -0.181. The normalized spacial score (nSPS) is 20.1. The van der Waals surface area contributed by atoms with Crippen LogP contribution in [0.4, 0.5) is 10.5 Å². The molecule has 2 fully saturated rings. The third-order valence-corrected chi connectivity index (χ3v) is 3.92. The van der Waals surface area contributed by atoms with Crippen LogP contribution in [0.25, 0.3) is 0 Å². The number of nitrogens with one attached hydrogen (secondary N) is 1. The van der Waals surface area contributed by atoms with E-state index in [1.54, 1.807) is 23.2 Å². The van der Waals surface area contributed by atoms with Crippen molar-refractivity contribution in [2.75, 3.05) is 38.2 Å². The quantitative estimate of drug-likeness (QED) is 0.922. The number of urea groups is 1. The van der Waals surface area contributed by atoms with Crippen molar-refractivity contribution in [3.63, 3.8) is 0 Å². The molecule has 0 saturated carbocycles. The number of likely N-dealkylation sites (tertiary alicyclic amines) is 1. The predicted octanol–water partition coefficient (Wildman–Crippen LogP) is 1.85. The predicted molar refractivity (Wildman–Crippen MR) is 79.9 cm³/mol. The maximum absolute atomic E-state index is 12.4. The Morgan fingerprint density at radius 2 is 2.14 bits per heavy atom. The minimum atomic E-state index is -0.471. The highest BCUT2D eigenvalue weighted by molar-refractivity contribution is 5.90. The molecular weight excluding hydrogens is 286 g/mol. The number of amides is 2. The van der Waals surface area contributed by atoms with Crippen molar-refractivity contribution in [1.82, 2.24) is 9.88 Å². The largest absolute Gasteiger partial charge is 0.476 e. The number of hydrogen-bond donors (Lipinski definition) is 1. The fraction of sp³-hybridized carbons (Fsp3) is 0.600. The van der Waals surface area contributed by atoms with Crippen LogP contribution in [0.1, 0.15) is 19.8 Å². The third-order valence-electron chi connectivity index (χ3n) is 3.92. The summed E-state index contributed by atoms with van der Waals surface area (Å²) >= 11 is 0. The number of carbonyl (C=O) groups excluding carboxylic acids is 1. The van der Waals surface area contributed by atoms with Crippen LogP contribution in [0, 0.1) is 0 Å². The van der Waals surface area contributed by atoms with E-state index < -0.39 is 5.79 Å². The number of pyridine rings is 1. The van der Waals surface area contributed by atoms with Gasteiger partial charge in [0.05, 0.1) is 19.8 Å². The van der Waals surface area contributed by atoms with Gasteiger partial charge in [0.1, 0.15) is 5.69 Å². The van der Waals surface area contributed by atoms with Gasteiger partial charge < -0.3 is 24.4 Å². The number of anilines is 1. The maximum Gasteiger partial charge on any atom is 0.321 e. The third kappa shape index (κ3) is 3.15. The molecule has 2 amide bonds. The molecule has 1 aromatic heterocycles. The lowest BCUT2D eigenvalue weighted by Gasteiger charge is -2.37. The Labute approximate surface area is 129 Å². The highest BCUT2D eigenvalue weighted by Gasteiger charge is 2.40. The van der Waals surface area contributed by atoms with Crippen LogP contribution in [-0.4, -0.2) is 54.6 Å². The second kappa shape index (κ2) is 6.50. The number of rotatable bonds is 3. The Hall–Kier alpha value is -1.86. The van der Waals surface area contributed by atoms with Crippen LogP contribution >= 0.6 is 0 Å². The lowest BCUT2D eigenvalue weighted by Crippen LogP contribution is -2.48. The van der Waals surface area contributed by atoms with Gasteiger partial charge in [-0.15, -0.1) is 0 Å². The Bertz CT molecular complexity index is 521. The van der Waals surface area contributed by atoms with Crippen molar-refractivity contribution in [1.29, 1.82) is 0 Å². The van der Waals surface area contributed by atoms with Crippen molar-refractivity contribution < 1.29 is 19.0 Å². The summed E-state index contributed by atoms with van der Waals surface area (Å²) in [4.78, 5) is 18.3. The van der Waals surface area contributed by atoms with Gasteiger partial charge in [0, 0.05) is 32.1 Å². The zero-order chi connectivity index (χ0) is 15.4. The number of hydrogen-bond acceptors (Lipinski definition) is 5. The maximum atomic E-state index is 12.4. The average molecular weight is 307 g/mol. The van der Waals surface area contributed by atoms with Gasteiger partial charge in [-0.1, -0.05) is 0 Å². The Morgan fingerprint density at radius 1 is 1.41 bits per heavy atom. The molecule has 0 bridgehead atoms. The number of piperidine rings is 1.